The smallest absolute Gasteiger partial charge is 0.265 e. The second-order valence-electron chi connectivity index (χ2n) is 5.38. The van der Waals surface area contributed by atoms with Gasteiger partial charge in [-0.2, -0.15) is 0 Å². The van der Waals surface area contributed by atoms with Crippen LogP contribution < -0.4 is 0 Å². The highest BCUT2D eigenvalue weighted by atomic mass is 32.1. The van der Waals surface area contributed by atoms with E-state index < -0.39 is 0 Å². The highest BCUT2D eigenvalue weighted by Crippen LogP contribution is 2.20. The first-order valence-corrected chi connectivity index (χ1v) is 7.83. The van der Waals surface area contributed by atoms with Crippen LogP contribution in [0.15, 0.2) is 11.4 Å². The zero-order chi connectivity index (χ0) is 15.1. The van der Waals surface area contributed by atoms with Gasteiger partial charge in [-0.1, -0.05) is 25.7 Å². The molecule has 0 atom stereocenters. The Balaban J connectivity index is 2.96. The van der Waals surface area contributed by atoms with E-state index in [1.807, 2.05) is 30.2 Å². The highest BCUT2D eigenvalue weighted by molar-refractivity contribution is 7.12. The van der Waals surface area contributed by atoms with Crippen LogP contribution >= 0.6 is 11.3 Å². The summed E-state index contributed by atoms with van der Waals surface area (Å²) in [5.74, 6) is 6.34. The predicted octanol–water partition coefficient (Wildman–Crippen LogP) is 2.99. The molecule has 4 heteroatoms. The largest absolute Gasteiger partial charge is 0.395 e. The summed E-state index contributed by atoms with van der Waals surface area (Å²) < 4.78 is 0. The normalized spacial score (nSPS) is 10.6. The molecule has 0 bridgehead atoms. The molecule has 20 heavy (non-hydrogen) atoms. The lowest BCUT2D eigenvalue weighted by Gasteiger charge is -2.28. The zero-order valence-corrected chi connectivity index (χ0v) is 13.5. The van der Waals surface area contributed by atoms with Crippen molar-refractivity contribution >= 4 is 17.2 Å². The van der Waals surface area contributed by atoms with Crippen LogP contribution in [0.4, 0.5) is 0 Å². The Labute approximate surface area is 125 Å². The number of amides is 1. The Morgan fingerprint density at radius 3 is 2.65 bits per heavy atom. The van der Waals surface area contributed by atoms with Crippen molar-refractivity contribution in [2.45, 2.75) is 40.2 Å². The van der Waals surface area contributed by atoms with E-state index in [0.717, 1.165) is 12.1 Å². The Kier molecular flexibility index (Phi) is 6.77. The lowest BCUT2D eigenvalue weighted by molar-refractivity contribution is 0.0687. The van der Waals surface area contributed by atoms with Crippen LogP contribution in [0.5, 0.6) is 0 Å². The predicted molar refractivity (Wildman–Crippen MR) is 83.9 cm³/mol. The molecule has 110 valence electrons. The number of hydrogen-bond acceptors (Lipinski definition) is 3. The molecule has 0 aliphatic carbocycles. The van der Waals surface area contributed by atoms with Crippen LogP contribution in [0, 0.1) is 17.8 Å². The molecule has 0 aliphatic rings. The molecule has 3 nitrogen and oxygen atoms in total. The van der Waals surface area contributed by atoms with E-state index in [1.165, 1.54) is 11.3 Å². The van der Waals surface area contributed by atoms with Gasteiger partial charge in [-0.25, -0.2) is 0 Å². The molecule has 0 spiro atoms. The van der Waals surface area contributed by atoms with Crippen molar-refractivity contribution in [1.82, 2.24) is 4.90 Å². The SMILES string of the molecule is CC(C)CN(C(=O)c1sccc1C#CCCO)C(C)C. The molecule has 0 radical (unpaired) electrons. The van der Waals surface area contributed by atoms with E-state index in [0.29, 0.717) is 17.2 Å². The highest BCUT2D eigenvalue weighted by Gasteiger charge is 2.22. The van der Waals surface area contributed by atoms with Crippen LogP contribution in [0.1, 0.15) is 49.4 Å². The number of thiophene rings is 1. The fourth-order valence-electron chi connectivity index (χ4n) is 1.84. The van der Waals surface area contributed by atoms with Gasteiger partial charge in [0.2, 0.25) is 0 Å². The van der Waals surface area contributed by atoms with Crippen molar-refractivity contribution in [2.75, 3.05) is 13.2 Å². The summed E-state index contributed by atoms with van der Waals surface area (Å²) in [6.45, 7) is 9.08. The molecule has 1 amide bonds. The molecular weight excluding hydrogens is 270 g/mol. The Hall–Kier alpha value is -1.31. The summed E-state index contributed by atoms with van der Waals surface area (Å²) in [5, 5.41) is 10.7. The monoisotopic (exact) mass is 293 g/mol. The van der Waals surface area contributed by atoms with Crippen LogP contribution in [-0.4, -0.2) is 35.1 Å². The minimum absolute atomic E-state index is 0.0475. The minimum Gasteiger partial charge on any atom is -0.395 e. The molecule has 1 rings (SSSR count). The lowest BCUT2D eigenvalue weighted by atomic mass is 10.1. The summed E-state index contributed by atoms with van der Waals surface area (Å²) in [5.41, 5.74) is 0.767. The summed E-state index contributed by atoms with van der Waals surface area (Å²) in [6.07, 6.45) is 0.434. The molecule has 0 aromatic carbocycles. The van der Waals surface area contributed by atoms with Crippen molar-refractivity contribution in [3.8, 4) is 11.8 Å². The summed E-state index contributed by atoms with van der Waals surface area (Å²) in [7, 11) is 0. The average Bonchev–Trinajstić information content (AvgIpc) is 2.83. The van der Waals surface area contributed by atoms with Crippen molar-refractivity contribution < 1.29 is 9.90 Å². The first-order chi connectivity index (χ1) is 9.47. The Bertz CT molecular complexity index is 494. The maximum atomic E-state index is 12.7. The molecule has 1 aromatic heterocycles. The Morgan fingerprint density at radius 2 is 2.10 bits per heavy atom. The third kappa shape index (κ3) is 4.66. The van der Waals surface area contributed by atoms with E-state index in [2.05, 4.69) is 25.7 Å². The lowest BCUT2D eigenvalue weighted by Crippen LogP contribution is -2.39. The number of carbonyl (C=O) groups excluding carboxylic acids is 1. The van der Waals surface area contributed by atoms with E-state index in [9.17, 15) is 4.79 Å². The minimum atomic E-state index is 0.0475. The van der Waals surface area contributed by atoms with E-state index >= 15 is 0 Å². The first-order valence-electron chi connectivity index (χ1n) is 6.95. The second kappa shape index (κ2) is 8.08. The topological polar surface area (TPSA) is 40.5 Å². The molecule has 0 saturated heterocycles. The molecule has 0 fully saturated rings. The van der Waals surface area contributed by atoms with Crippen molar-refractivity contribution in [3.63, 3.8) is 0 Å². The number of aliphatic hydroxyl groups excluding tert-OH is 1. The van der Waals surface area contributed by atoms with Crippen LogP contribution in [0.2, 0.25) is 0 Å². The van der Waals surface area contributed by atoms with Gasteiger partial charge in [0.1, 0.15) is 4.88 Å². The van der Waals surface area contributed by atoms with E-state index in [1.54, 1.807) is 0 Å². The van der Waals surface area contributed by atoms with Gasteiger partial charge in [-0.3, -0.25) is 4.79 Å². The van der Waals surface area contributed by atoms with Gasteiger partial charge < -0.3 is 10.0 Å². The molecule has 1 N–H and O–H groups in total. The van der Waals surface area contributed by atoms with Crippen molar-refractivity contribution in [3.05, 3.63) is 21.9 Å². The summed E-state index contributed by atoms with van der Waals surface area (Å²) >= 11 is 1.43. The zero-order valence-electron chi connectivity index (χ0n) is 12.6. The molecule has 1 heterocycles. The van der Waals surface area contributed by atoms with Gasteiger partial charge in [0.05, 0.1) is 6.61 Å². The van der Waals surface area contributed by atoms with Gasteiger partial charge in [-0.05, 0) is 31.2 Å². The average molecular weight is 293 g/mol. The van der Waals surface area contributed by atoms with Gasteiger partial charge >= 0.3 is 0 Å². The Morgan fingerprint density at radius 1 is 1.40 bits per heavy atom. The summed E-state index contributed by atoms with van der Waals surface area (Å²) in [6, 6.07) is 2.04. The fraction of sp³-hybridized carbons (Fsp3) is 0.562. The third-order valence-electron chi connectivity index (χ3n) is 2.77. The summed E-state index contributed by atoms with van der Waals surface area (Å²) in [4.78, 5) is 15.3. The van der Waals surface area contributed by atoms with Crippen LogP contribution in [0.25, 0.3) is 0 Å². The van der Waals surface area contributed by atoms with Crippen molar-refractivity contribution in [1.29, 1.82) is 0 Å². The number of aliphatic hydroxyl groups is 1. The van der Waals surface area contributed by atoms with Crippen LogP contribution in [0.3, 0.4) is 0 Å². The molecule has 0 aliphatic heterocycles. The van der Waals surface area contributed by atoms with Gasteiger partial charge in [0.25, 0.3) is 5.91 Å². The third-order valence-corrected chi connectivity index (χ3v) is 3.67. The molecule has 0 unspecified atom stereocenters. The molecule has 1 aromatic rings. The van der Waals surface area contributed by atoms with E-state index in [4.69, 9.17) is 5.11 Å². The standard InChI is InChI=1S/C16H23NO2S/c1-12(2)11-17(13(3)4)16(19)15-14(8-10-20-15)7-5-6-9-18/h8,10,12-13,18H,6,9,11H2,1-4H3. The quantitative estimate of drug-likeness (QED) is 0.848. The maximum absolute atomic E-state index is 12.7. The number of carbonyl (C=O) groups is 1. The molecule has 0 saturated carbocycles. The first kappa shape index (κ1) is 16.7. The number of hydrogen-bond donors (Lipinski definition) is 1. The second-order valence-corrected chi connectivity index (χ2v) is 6.30. The van der Waals surface area contributed by atoms with E-state index in [-0.39, 0.29) is 18.6 Å². The van der Waals surface area contributed by atoms with Crippen LogP contribution in [-0.2, 0) is 0 Å². The van der Waals surface area contributed by atoms with Gasteiger partial charge in [0, 0.05) is 24.6 Å². The number of rotatable bonds is 5. The molecular formula is C16H23NO2S. The number of nitrogens with zero attached hydrogens (tertiary/aromatic N) is 1. The maximum Gasteiger partial charge on any atom is 0.265 e. The van der Waals surface area contributed by atoms with Crippen molar-refractivity contribution in [2.24, 2.45) is 5.92 Å². The van der Waals surface area contributed by atoms with Gasteiger partial charge in [0.15, 0.2) is 0 Å². The fourth-order valence-corrected chi connectivity index (χ4v) is 2.64. The van der Waals surface area contributed by atoms with Gasteiger partial charge in [-0.15, -0.1) is 11.3 Å².